The van der Waals surface area contributed by atoms with Gasteiger partial charge in [-0.1, -0.05) is 5.16 Å². The van der Waals surface area contributed by atoms with Gasteiger partial charge in [-0.25, -0.2) is 0 Å². The molecule has 10 nitrogen and oxygen atoms in total. The molecule has 1 aliphatic heterocycles. The zero-order valence-corrected chi connectivity index (χ0v) is 10.3. The zero-order chi connectivity index (χ0) is 13.4. The third-order valence-corrected chi connectivity index (χ3v) is 2.67. The molecule has 1 aliphatic rings. The van der Waals surface area contributed by atoms with Crippen molar-refractivity contribution in [2.45, 2.75) is 0 Å². The SMILES string of the molecule is CO/N=C1/CN(C)CC1(CO)CN=N/N=N/N=N. The molecular weight excluding hydrogens is 240 g/mol. The van der Waals surface area contributed by atoms with E-state index in [2.05, 4.69) is 31.2 Å². The Kier molecular flexibility index (Phi) is 5.39. The fourth-order valence-corrected chi connectivity index (χ4v) is 1.89. The first-order valence-electron chi connectivity index (χ1n) is 5.21. The Labute approximate surface area is 104 Å². The van der Waals surface area contributed by atoms with Crippen molar-refractivity contribution < 1.29 is 9.94 Å². The van der Waals surface area contributed by atoms with E-state index in [9.17, 15) is 5.11 Å². The molecule has 1 rings (SSSR count). The van der Waals surface area contributed by atoms with Crippen LogP contribution in [0.25, 0.3) is 0 Å². The van der Waals surface area contributed by atoms with Crippen molar-refractivity contribution in [1.29, 1.82) is 5.53 Å². The predicted molar refractivity (Wildman–Crippen MR) is 61.2 cm³/mol. The van der Waals surface area contributed by atoms with Crippen molar-refractivity contribution in [3.8, 4) is 0 Å². The van der Waals surface area contributed by atoms with Gasteiger partial charge in [-0.15, -0.1) is 0 Å². The first kappa shape index (κ1) is 14.3. The second-order valence-electron chi connectivity index (χ2n) is 4.00. The Morgan fingerprint density at radius 3 is 2.83 bits per heavy atom. The lowest BCUT2D eigenvalue weighted by Crippen LogP contribution is -2.37. The molecule has 0 bridgehead atoms. The predicted octanol–water partition coefficient (Wildman–Crippen LogP) is 0.678. The molecular formula is C8H16N8O2. The molecule has 0 aliphatic carbocycles. The van der Waals surface area contributed by atoms with Crippen LogP contribution in [-0.4, -0.2) is 56.1 Å². The fourth-order valence-electron chi connectivity index (χ4n) is 1.89. The van der Waals surface area contributed by atoms with Crippen LogP contribution in [0.3, 0.4) is 0 Å². The van der Waals surface area contributed by atoms with E-state index in [1.165, 1.54) is 7.11 Å². The smallest absolute Gasteiger partial charge is 0.106 e. The van der Waals surface area contributed by atoms with Gasteiger partial charge in [0.1, 0.15) is 7.11 Å². The van der Waals surface area contributed by atoms with Crippen LogP contribution in [0, 0.1) is 10.9 Å². The molecule has 0 aromatic heterocycles. The number of nitrogens with one attached hydrogen (secondary N) is 1. The van der Waals surface area contributed by atoms with Crippen LogP contribution in [0.4, 0.5) is 0 Å². The van der Waals surface area contributed by atoms with Crippen LogP contribution >= 0.6 is 0 Å². The third-order valence-electron chi connectivity index (χ3n) is 2.67. The summed E-state index contributed by atoms with van der Waals surface area (Å²) in [4.78, 5) is 6.78. The van der Waals surface area contributed by atoms with E-state index < -0.39 is 5.41 Å². The van der Waals surface area contributed by atoms with E-state index in [0.29, 0.717) is 13.1 Å². The largest absolute Gasteiger partial charge is 0.399 e. The lowest BCUT2D eigenvalue weighted by molar-refractivity contribution is 0.166. The van der Waals surface area contributed by atoms with Crippen LogP contribution in [0.15, 0.2) is 31.2 Å². The molecule has 100 valence electrons. The van der Waals surface area contributed by atoms with Crippen LogP contribution in [0.2, 0.25) is 0 Å². The lowest BCUT2D eigenvalue weighted by Gasteiger charge is -2.23. The minimum Gasteiger partial charge on any atom is -0.399 e. The number of hydrogen-bond donors (Lipinski definition) is 2. The second kappa shape index (κ2) is 6.81. The molecule has 1 heterocycles. The molecule has 1 unspecified atom stereocenters. The van der Waals surface area contributed by atoms with Gasteiger partial charge in [-0.3, -0.25) is 4.90 Å². The van der Waals surface area contributed by atoms with Crippen molar-refractivity contribution in [3.63, 3.8) is 0 Å². The summed E-state index contributed by atoms with van der Waals surface area (Å²) in [6, 6.07) is 0. The fraction of sp³-hybridized carbons (Fsp3) is 0.875. The highest BCUT2D eigenvalue weighted by Gasteiger charge is 2.43. The van der Waals surface area contributed by atoms with Gasteiger partial charge >= 0.3 is 0 Å². The van der Waals surface area contributed by atoms with Gasteiger partial charge in [0.15, 0.2) is 0 Å². The number of likely N-dealkylation sites (tertiary alicyclic amines) is 1. The average Bonchev–Trinajstić information content (AvgIpc) is 2.67. The molecule has 0 aromatic rings. The van der Waals surface area contributed by atoms with Gasteiger partial charge < -0.3 is 9.94 Å². The van der Waals surface area contributed by atoms with Gasteiger partial charge in [-0.05, 0) is 27.9 Å². The lowest BCUT2D eigenvalue weighted by atomic mass is 9.86. The molecule has 0 spiro atoms. The Hall–Kier alpha value is -1.81. The Morgan fingerprint density at radius 1 is 1.44 bits per heavy atom. The molecule has 1 fully saturated rings. The molecule has 0 saturated carbocycles. The van der Waals surface area contributed by atoms with Crippen LogP contribution in [0.1, 0.15) is 0 Å². The molecule has 10 heteroatoms. The van der Waals surface area contributed by atoms with Crippen molar-refractivity contribution in [2.75, 3.05) is 40.4 Å². The summed E-state index contributed by atoms with van der Waals surface area (Å²) < 4.78 is 0. The number of aliphatic hydroxyl groups is 1. The Bertz CT molecular complexity index is 368. The summed E-state index contributed by atoms with van der Waals surface area (Å²) in [5.41, 5.74) is 6.48. The van der Waals surface area contributed by atoms with E-state index >= 15 is 0 Å². The number of oxime groups is 1. The summed E-state index contributed by atoms with van der Waals surface area (Å²) in [5.74, 6) is 0. The quantitative estimate of drug-likeness (QED) is 0.535. The van der Waals surface area contributed by atoms with Crippen LogP contribution in [-0.2, 0) is 4.84 Å². The summed E-state index contributed by atoms with van der Waals surface area (Å²) >= 11 is 0. The summed E-state index contributed by atoms with van der Waals surface area (Å²) in [6.45, 7) is 1.31. The van der Waals surface area contributed by atoms with Crippen LogP contribution < -0.4 is 0 Å². The first-order valence-corrected chi connectivity index (χ1v) is 5.21. The van der Waals surface area contributed by atoms with Gasteiger partial charge in [0.05, 0.1) is 24.3 Å². The average molecular weight is 256 g/mol. The maximum atomic E-state index is 9.57. The summed E-state index contributed by atoms with van der Waals surface area (Å²) in [5, 5.41) is 29.5. The highest BCUT2D eigenvalue weighted by molar-refractivity contribution is 5.94. The van der Waals surface area contributed by atoms with Crippen molar-refractivity contribution in [2.24, 2.45) is 36.6 Å². The number of hydrogen-bond acceptors (Lipinski definition) is 6. The molecule has 1 saturated heterocycles. The minimum absolute atomic E-state index is 0.113. The van der Waals surface area contributed by atoms with E-state index in [-0.39, 0.29) is 13.2 Å². The van der Waals surface area contributed by atoms with E-state index in [1.54, 1.807) is 0 Å². The molecule has 2 N–H and O–H groups in total. The van der Waals surface area contributed by atoms with Crippen molar-refractivity contribution >= 4 is 5.71 Å². The van der Waals surface area contributed by atoms with Crippen molar-refractivity contribution in [1.82, 2.24) is 4.90 Å². The summed E-state index contributed by atoms with van der Waals surface area (Å²) in [7, 11) is 3.37. The summed E-state index contributed by atoms with van der Waals surface area (Å²) in [6.07, 6.45) is 0. The van der Waals surface area contributed by atoms with Gasteiger partial charge in [0.25, 0.3) is 0 Å². The number of nitrogens with zero attached hydrogens (tertiary/aromatic N) is 7. The van der Waals surface area contributed by atoms with Crippen molar-refractivity contribution in [3.05, 3.63) is 0 Å². The molecule has 0 radical (unpaired) electrons. The van der Waals surface area contributed by atoms with Crippen LogP contribution in [0.5, 0.6) is 0 Å². The normalized spacial score (nSPS) is 27.6. The maximum absolute atomic E-state index is 9.57. The topological polar surface area (TPSA) is 131 Å². The van der Waals surface area contributed by atoms with E-state index in [1.807, 2.05) is 11.9 Å². The monoisotopic (exact) mass is 256 g/mol. The molecule has 1 atom stereocenters. The van der Waals surface area contributed by atoms with Gasteiger partial charge in [-0.2, -0.15) is 10.6 Å². The van der Waals surface area contributed by atoms with E-state index in [0.717, 1.165) is 5.71 Å². The third kappa shape index (κ3) is 3.34. The first-order chi connectivity index (χ1) is 8.68. The molecule has 18 heavy (non-hydrogen) atoms. The highest BCUT2D eigenvalue weighted by Crippen LogP contribution is 2.27. The second-order valence-corrected chi connectivity index (χ2v) is 4.00. The zero-order valence-electron chi connectivity index (χ0n) is 10.3. The standard InChI is InChI=1S/C8H16N8O2/c1-16-3-7(11-18-2)8(5-16,6-17)4-10-13-15-14-12-9/h9,17H,3-6H2,1-2H3/b11-7-,12-9?,13-10?,15-14+. The van der Waals surface area contributed by atoms with E-state index in [4.69, 9.17) is 10.4 Å². The van der Waals surface area contributed by atoms with Gasteiger partial charge in [0.2, 0.25) is 0 Å². The Balaban J connectivity index is 2.77. The van der Waals surface area contributed by atoms with Gasteiger partial charge in [0, 0.05) is 13.1 Å². The highest BCUT2D eigenvalue weighted by atomic mass is 16.6. The molecule has 0 amide bonds. The maximum Gasteiger partial charge on any atom is 0.106 e. The number of aliphatic hydroxyl groups excluding tert-OH is 1. The Morgan fingerprint density at radius 2 is 2.22 bits per heavy atom. The minimum atomic E-state index is -0.609. The number of rotatable bonds is 6. The molecule has 0 aromatic carbocycles.